The summed E-state index contributed by atoms with van der Waals surface area (Å²) in [5, 5.41) is 0. The number of esters is 2. The molecule has 296 valence electrons. The average molecular weight is 1090 g/mol. The number of rotatable bonds is 11. The molecule has 0 radical (unpaired) electrons. The first-order valence-electron chi connectivity index (χ1n) is 18.8. The summed E-state index contributed by atoms with van der Waals surface area (Å²) in [6.07, 6.45) is 4.14. The van der Waals surface area contributed by atoms with Crippen LogP contribution in [-0.4, -0.2) is 79.3 Å². The Balaban J connectivity index is 0.000000193. The summed E-state index contributed by atoms with van der Waals surface area (Å²) < 4.78 is 13.0. The maximum atomic E-state index is 12.6. The van der Waals surface area contributed by atoms with Gasteiger partial charge in [0.25, 0.3) is 17.6 Å². The van der Waals surface area contributed by atoms with E-state index in [1.165, 1.54) is 9.80 Å². The molecular formula is C44H36AtIN2O10. The van der Waals surface area contributed by atoms with Gasteiger partial charge in [-0.3, -0.25) is 19.3 Å². The van der Waals surface area contributed by atoms with Gasteiger partial charge < -0.3 is 9.47 Å². The van der Waals surface area contributed by atoms with Crippen molar-refractivity contribution in [2.45, 2.75) is 57.2 Å². The van der Waals surface area contributed by atoms with Crippen LogP contribution >= 0.6 is 20.7 Å². The summed E-state index contributed by atoms with van der Waals surface area (Å²) in [5.41, 5.74) is 2.85. The van der Waals surface area contributed by atoms with Crippen molar-refractivity contribution in [3.63, 3.8) is 0 Å². The fourth-order valence-corrected chi connectivity index (χ4v) is 9.63. The van der Waals surface area contributed by atoms with Crippen LogP contribution in [0.1, 0.15) is 114 Å². The van der Waals surface area contributed by atoms with Gasteiger partial charge in [0.1, 0.15) is 0 Å². The van der Waals surface area contributed by atoms with Gasteiger partial charge in [-0.2, -0.15) is 0 Å². The Morgan fingerprint density at radius 3 is 1.34 bits per heavy atom. The summed E-state index contributed by atoms with van der Waals surface area (Å²) in [7, 11) is 0. The van der Waals surface area contributed by atoms with Crippen LogP contribution in [0.5, 0.6) is 0 Å². The van der Waals surface area contributed by atoms with E-state index >= 15 is 0 Å². The summed E-state index contributed by atoms with van der Waals surface area (Å²) in [6, 6.07) is 27.8. The van der Waals surface area contributed by atoms with E-state index < -0.39 is 38.5 Å². The molecule has 4 aliphatic rings. The third-order valence-corrected chi connectivity index (χ3v) is 13.9. The molecule has 3 heterocycles. The number of hydrogen-bond acceptors (Lipinski definition) is 10. The van der Waals surface area contributed by atoms with E-state index in [0.29, 0.717) is 65.5 Å². The van der Waals surface area contributed by atoms with Crippen LogP contribution in [0.4, 0.5) is 0 Å². The van der Waals surface area contributed by atoms with E-state index in [4.69, 9.17) is 9.47 Å². The number of amides is 4. The van der Waals surface area contributed by atoms with Crippen molar-refractivity contribution in [3.05, 3.63) is 134 Å². The number of halogens is 1. The second-order valence-corrected chi connectivity index (χ2v) is 18.5. The molecule has 4 aromatic rings. The van der Waals surface area contributed by atoms with Crippen molar-refractivity contribution in [2.24, 2.45) is 0 Å². The Bertz CT molecular complexity index is 2290. The molecule has 1 aliphatic carbocycles. The number of ketones is 2. The first kappa shape index (κ1) is 41.1. The van der Waals surface area contributed by atoms with Gasteiger partial charge in [-0.25, -0.2) is 9.59 Å². The summed E-state index contributed by atoms with van der Waals surface area (Å²) in [4.78, 5) is 101. The van der Waals surface area contributed by atoms with Gasteiger partial charge in [-0.15, -0.1) is 0 Å². The van der Waals surface area contributed by atoms with Crippen molar-refractivity contribution in [1.82, 2.24) is 9.80 Å². The Kier molecular flexibility index (Phi) is 12.6. The zero-order valence-electron chi connectivity index (χ0n) is 31.0. The zero-order valence-corrected chi connectivity index (χ0v) is 36.1. The largest absolute Gasteiger partial charge is 0.418 e. The molecule has 0 bridgehead atoms. The molecule has 8 rings (SSSR count). The third kappa shape index (κ3) is 8.82. The molecule has 4 amide bonds. The van der Waals surface area contributed by atoms with Crippen LogP contribution < -0.4 is 3.27 Å². The third-order valence-electron chi connectivity index (χ3n) is 10.1. The average Bonchev–Trinajstić information content (AvgIpc) is 3.85. The maximum absolute atomic E-state index is 12.6. The smallest absolute Gasteiger partial charge is 0.354 e. The number of ether oxygens (including phenoxy) is 2. The number of Topliss-reactive ketones (excluding diaryl/α,β-unsaturated/α-hetero) is 2. The normalized spacial score (nSPS) is 16.5. The van der Waals surface area contributed by atoms with Gasteiger partial charge in [0.05, 0.1) is 11.1 Å². The fraction of sp³-hybridized carbons (Fsp3) is 0.250. The number of benzene rings is 4. The van der Waals surface area contributed by atoms with Gasteiger partial charge in [0, 0.05) is 34.9 Å². The van der Waals surface area contributed by atoms with E-state index in [2.05, 4.69) is 0 Å². The summed E-state index contributed by atoms with van der Waals surface area (Å²) in [6.45, 7) is 0.443. The van der Waals surface area contributed by atoms with Gasteiger partial charge in [0.15, 0.2) is 9.29 Å². The molecule has 1 saturated carbocycles. The van der Waals surface area contributed by atoms with Crippen molar-refractivity contribution in [2.75, 3.05) is 13.1 Å². The van der Waals surface area contributed by atoms with E-state index in [-0.39, 0.29) is 58.2 Å². The fourth-order valence-electron chi connectivity index (χ4n) is 7.14. The number of carbonyl (C=O) groups excluding carboxylic acids is 8. The molecule has 4 aromatic carbocycles. The van der Waals surface area contributed by atoms with Crippen LogP contribution in [0.2, 0.25) is 0 Å². The Morgan fingerprint density at radius 2 is 0.948 bits per heavy atom. The molecular weight excluding hydrogens is 1050 g/mol. The van der Waals surface area contributed by atoms with Crippen molar-refractivity contribution < 1.29 is 72.5 Å². The molecule has 0 atom stereocenters. The van der Waals surface area contributed by atoms with Crippen molar-refractivity contribution in [1.29, 1.82) is 0 Å². The predicted molar refractivity (Wildman–Crippen MR) is 214 cm³/mol. The van der Waals surface area contributed by atoms with E-state index in [1.807, 2.05) is 24.3 Å². The minimum absolute atomic E-state index is 0.0354. The van der Waals surface area contributed by atoms with Gasteiger partial charge >= 0.3 is 149 Å². The van der Waals surface area contributed by atoms with Crippen molar-refractivity contribution >= 4 is 74.6 Å². The number of fused-ring (bicyclic) bond motifs is 2. The number of carbonyl (C=O) groups is 8. The molecule has 0 aromatic heterocycles. The molecule has 1 saturated heterocycles. The zero-order chi connectivity index (χ0) is 41.0. The van der Waals surface area contributed by atoms with Crippen LogP contribution in [-0.2, 0) is 19.1 Å². The van der Waals surface area contributed by atoms with Crippen LogP contribution in [0.3, 0.4) is 0 Å². The van der Waals surface area contributed by atoms with E-state index in [0.717, 1.165) is 19.7 Å². The molecule has 0 N–H and O–H groups in total. The molecule has 1 spiro atoms. The maximum Gasteiger partial charge on any atom is 0.354 e. The van der Waals surface area contributed by atoms with Gasteiger partial charge in [0.2, 0.25) is 0 Å². The number of hydrogen-bond donors (Lipinski definition) is 0. The molecule has 0 unspecified atom stereocenters. The summed E-state index contributed by atoms with van der Waals surface area (Å²) in [5.74, 6) is -3.54. The van der Waals surface area contributed by atoms with Crippen molar-refractivity contribution in [3.8, 4) is 0 Å². The number of nitrogens with zero attached hydrogens (tertiary/aromatic N) is 2. The first-order chi connectivity index (χ1) is 27.9. The summed E-state index contributed by atoms with van der Waals surface area (Å²) >= 11 is 0.450. The molecule has 12 nitrogen and oxygen atoms in total. The standard InChI is InChI=1S/C26H22INO7.C18H14AtNO3/c29-20(8-5-15-28-22(30)18-6-1-2-7-19(18)23(28)31)16-9-11-17(12-10-16)27-21-24(32)34-26(35-25(21)33)13-3-4-14-26;19-13-9-7-12(8-10-13)16(21)6-3-11-20-17(22)14-4-1-2-5-15(14)18(20)23/h1-2,6-7,9-12H,3-5,8,13-15H2;1-2,4-5,7-10H,3,6,11H2/i;19+1. The van der Waals surface area contributed by atoms with Crippen LogP contribution in [0.15, 0.2) is 97.1 Å². The first-order valence-corrected chi connectivity index (χ1v) is 22.4. The van der Waals surface area contributed by atoms with Crippen LogP contribution in [0.25, 0.3) is 0 Å². The quantitative estimate of drug-likeness (QED) is 0.0784. The topological polar surface area (TPSA) is 162 Å². The van der Waals surface area contributed by atoms with Gasteiger partial charge in [-0.05, 0) is 43.5 Å². The second kappa shape index (κ2) is 17.8. The second-order valence-electron chi connectivity index (χ2n) is 14.0. The van der Waals surface area contributed by atoms with Gasteiger partial charge in [-0.1, -0.05) is 57.1 Å². The molecule has 58 heavy (non-hydrogen) atoms. The van der Waals surface area contributed by atoms with Crippen LogP contribution in [0, 0.1) is 28.3 Å². The monoisotopic (exact) mass is 1090 g/mol. The molecule has 2 fully saturated rings. The van der Waals surface area contributed by atoms with E-state index in [9.17, 15) is 38.4 Å². The molecule has 3 aliphatic heterocycles. The van der Waals surface area contributed by atoms with E-state index in [1.54, 1.807) is 97.5 Å². The predicted octanol–water partition coefficient (Wildman–Crippen LogP) is 5.75. The Hall–Kier alpha value is -5.08. The SMILES string of the molecule is O=C(CCCN1C(=O)c2ccccc2C1=O)c1ccc([211At])cc1.O=C1OC2(CCCC2)OC(=O)C1=Ic1ccc(C(=O)CCCN2C(=O)c3ccccc3C2=O)cc1. The Labute approximate surface area is 358 Å². The Morgan fingerprint density at radius 1 is 0.569 bits per heavy atom. The molecule has 14 heteroatoms. The number of imide groups is 2. The minimum atomic E-state index is -1.12. The minimum Gasteiger partial charge on any atom is -0.418 e.